The van der Waals surface area contributed by atoms with Gasteiger partial charge >= 0.3 is 6.03 Å². The van der Waals surface area contributed by atoms with Gasteiger partial charge < -0.3 is 20.1 Å². The van der Waals surface area contributed by atoms with Crippen LogP contribution in [0, 0.1) is 0 Å². The summed E-state index contributed by atoms with van der Waals surface area (Å²) >= 11 is 0. The molecule has 2 atom stereocenters. The monoisotopic (exact) mass is 356 g/mol. The van der Waals surface area contributed by atoms with Crippen molar-refractivity contribution in [3.63, 3.8) is 0 Å². The highest BCUT2D eigenvalue weighted by molar-refractivity contribution is 5.99. The molecule has 4 rings (SSSR count). The second-order valence-corrected chi connectivity index (χ2v) is 6.86. The third-order valence-electron chi connectivity index (χ3n) is 5.18. The van der Waals surface area contributed by atoms with E-state index in [1.165, 1.54) is 0 Å². The summed E-state index contributed by atoms with van der Waals surface area (Å²) < 4.78 is 5.37. The fraction of sp³-hybridized carbons (Fsp3) is 0.474. The zero-order chi connectivity index (χ0) is 17.9. The van der Waals surface area contributed by atoms with Crippen molar-refractivity contribution >= 4 is 22.6 Å². The van der Waals surface area contributed by atoms with E-state index in [0.29, 0.717) is 26.3 Å². The number of amides is 2. The molecule has 0 saturated carbocycles. The molecule has 2 saturated heterocycles. The minimum atomic E-state index is -0.433. The third kappa shape index (κ3) is 3.51. The van der Waals surface area contributed by atoms with Gasteiger partial charge in [-0.3, -0.25) is 9.88 Å². The standard InChI is InChI=1S/C19H24N4O3/c24-17-13-26-12-16(17)22-8-3-9-23(11-10-22)19(25)21-15-6-1-4-14-5-2-7-20-18(14)15/h1-2,4-7,16-17,24H,3,8-13H2,(H,21,25)/t16-,17-/m0/s1. The highest BCUT2D eigenvalue weighted by Crippen LogP contribution is 2.21. The van der Waals surface area contributed by atoms with Gasteiger partial charge in [0.1, 0.15) is 0 Å². The largest absolute Gasteiger partial charge is 0.389 e. The Hall–Kier alpha value is -2.22. The maximum Gasteiger partial charge on any atom is 0.321 e. The highest BCUT2D eigenvalue weighted by atomic mass is 16.5. The summed E-state index contributed by atoms with van der Waals surface area (Å²) in [6.45, 7) is 3.91. The van der Waals surface area contributed by atoms with E-state index in [1.54, 1.807) is 6.20 Å². The van der Waals surface area contributed by atoms with Gasteiger partial charge in [0.05, 0.1) is 36.6 Å². The average molecular weight is 356 g/mol. The number of pyridine rings is 1. The Morgan fingerprint density at radius 2 is 2.04 bits per heavy atom. The van der Waals surface area contributed by atoms with Crippen molar-refractivity contribution in [3.05, 3.63) is 36.5 Å². The van der Waals surface area contributed by atoms with Crippen LogP contribution in [-0.2, 0) is 4.74 Å². The molecule has 2 fully saturated rings. The number of anilines is 1. The smallest absolute Gasteiger partial charge is 0.321 e. The van der Waals surface area contributed by atoms with Gasteiger partial charge in [0.2, 0.25) is 0 Å². The van der Waals surface area contributed by atoms with Crippen LogP contribution < -0.4 is 5.32 Å². The minimum Gasteiger partial charge on any atom is -0.389 e. The summed E-state index contributed by atoms with van der Waals surface area (Å²) in [5.41, 5.74) is 1.53. The molecule has 7 heteroatoms. The number of benzene rings is 1. The van der Waals surface area contributed by atoms with E-state index >= 15 is 0 Å². The van der Waals surface area contributed by atoms with Crippen LogP contribution in [0.2, 0.25) is 0 Å². The second-order valence-electron chi connectivity index (χ2n) is 6.86. The Bertz CT molecular complexity index is 779. The lowest BCUT2D eigenvalue weighted by Crippen LogP contribution is -2.45. The third-order valence-corrected chi connectivity index (χ3v) is 5.18. The highest BCUT2D eigenvalue weighted by Gasteiger charge is 2.33. The van der Waals surface area contributed by atoms with Gasteiger partial charge in [-0.25, -0.2) is 4.79 Å². The van der Waals surface area contributed by atoms with Crippen molar-refractivity contribution in [2.75, 3.05) is 44.7 Å². The maximum absolute atomic E-state index is 12.8. The van der Waals surface area contributed by atoms with Crippen LogP contribution in [0.4, 0.5) is 10.5 Å². The number of ether oxygens (including phenoxy) is 1. The molecule has 2 N–H and O–H groups in total. The predicted molar refractivity (Wildman–Crippen MR) is 99.1 cm³/mol. The number of hydrogen-bond acceptors (Lipinski definition) is 5. The Morgan fingerprint density at radius 3 is 2.88 bits per heavy atom. The van der Waals surface area contributed by atoms with E-state index in [2.05, 4.69) is 15.2 Å². The van der Waals surface area contributed by atoms with E-state index < -0.39 is 6.10 Å². The van der Waals surface area contributed by atoms with Crippen molar-refractivity contribution in [2.24, 2.45) is 0 Å². The zero-order valence-corrected chi connectivity index (χ0v) is 14.7. The van der Waals surface area contributed by atoms with Crippen molar-refractivity contribution in [1.82, 2.24) is 14.8 Å². The maximum atomic E-state index is 12.8. The number of aliphatic hydroxyl groups excluding tert-OH is 1. The molecule has 0 spiro atoms. The summed E-state index contributed by atoms with van der Waals surface area (Å²) in [4.78, 5) is 21.2. The van der Waals surface area contributed by atoms with Crippen LogP contribution >= 0.6 is 0 Å². The molecular weight excluding hydrogens is 332 g/mol. The number of aliphatic hydroxyl groups is 1. The molecule has 7 nitrogen and oxygen atoms in total. The first-order valence-electron chi connectivity index (χ1n) is 9.12. The van der Waals surface area contributed by atoms with E-state index in [-0.39, 0.29) is 12.1 Å². The van der Waals surface area contributed by atoms with Gasteiger partial charge in [0.15, 0.2) is 0 Å². The van der Waals surface area contributed by atoms with Crippen LogP contribution in [0.5, 0.6) is 0 Å². The molecule has 3 heterocycles. The van der Waals surface area contributed by atoms with E-state index in [9.17, 15) is 9.90 Å². The van der Waals surface area contributed by atoms with E-state index in [4.69, 9.17) is 4.74 Å². The van der Waals surface area contributed by atoms with Crippen LogP contribution in [0.25, 0.3) is 10.9 Å². The van der Waals surface area contributed by atoms with Crippen LogP contribution in [0.3, 0.4) is 0 Å². The number of carbonyl (C=O) groups is 1. The van der Waals surface area contributed by atoms with Gasteiger partial charge in [-0.1, -0.05) is 18.2 Å². The van der Waals surface area contributed by atoms with Crippen molar-refractivity contribution < 1.29 is 14.6 Å². The van der Waals surface area contributed by atoms with Crippen molar-refractivity contribution in [3.8, 4) is 0 Å². The van der Waals surface area contributed by atoms with Gasteiger partial charge in [-0.2, -0.15) is 0 Å². The average Bonchev–Trinajstić information content (AvgIpc) is 2.94. The molecule has 2 aromatic rings. The minimum absolute atomic E-state index is 0.0419. The number of aromatic nitrogens is 1. The van der Waals surface area contributed by atoms with E-state index in [1.807, 2.05) is 35.2 Å². The molecule has 0 radical (unpaired) electrons. The lowest BCUT2D eigenvalue weighted by atomic mass is 10.2. The number of para-hydroxylation sites is 1. The van der Waals surface area contributed by atoms with Gasteiger partial charge in [0, 0.05) is 37.8 Å². The van der Waals surface area contributed by atoms with Crippen LogP contribution in [0.1, 0.15) is 6.42 Å². The van der Waals surface area contributed by atoms with Gasteiger partial charge in [-0.05, 0) is 18.6 Å². The molecule has 26 heavy (non-hydrogen) atoms. The normalized spacial score (nSPS) is 24.6. The molecule has 2 amide bonds. The molecule has 2 aliphatic rings. The number of nitrogens with zero attached hydrogens (tertiary/aromatic N) is 3. The Balaban J connectivity index is 1.42. The first kappa shape index (κ1) is 17.2. The lowest BCUT2D eigenvalue weighted by molar-refractivity contribution is 0.0845. The number of carbonyl (C=O) groups excluding carboxylic acids is 1. The molecule has 1 aromatic heterocycles. The number of nitrogens with one attached hydrogen (secondary N) is 1. The second kappa shape index (κ2) is 7.57. The summed E-state index contributed by atoms with van der Waals surface area (Å²) in [6, 6.07) is 9.59. The predicted octanol–water partition coefficient (Wildman–Crippen LogP) is 1.53. The number of fused-ring (bicyclic) bond motifs is 1. The molecule has 138 valence electrons. The first-order chi connectivity index (χ1) is 12.7. The number of rotatable bonds is 2. The topological polar surface area (TPSA) is 77.9 Å². The molecule has 0 bridgehead atoms. The summed E-state index contributed by atoms with van der Waals surface area (Å²) in [5.74, 6) is 0. The van der Waals surface area contributed by atoms with Gasteiger partial charge in [-0.15, -0.1) is 0 Å². The lowest BCUT2D eigenvalue weighted by Gasteiger charge is -2.28. The van der Waals surface area contributed by atoms with Gasteiger partial charge in [0.25, 0.3) is 0 Å². The molecule has 0 aliphatic carbocycles. The quantitative estimate of drug-likeness (QED) is 0.853. The van der Waals surface area contributed by atoms with Crippen molar-refractivity contribution in [1.29, 1.82) is 0 Å². The van der Waals surface area contributed by atoms with Crippen LogP contribution in [0.15, 0.2) is 36.5 Å². The summed E-state index contributed by atoms with van der Waals surface area (Å²) in [6.07, 6.45) is 2.18. The fourth-order valence-corrected chi connectivity index (χ4v) is 3.75. The molecule has 1 aromatic carbocycles. The SMILES string of the molecule is O=C(Nc1cccc2cccnc12)N1CCCN([C@H]2COC[C@@H]2O)CC1. The Kier molecular flexibility index (Phi) is 5.01. The van der Waals surface area contributed by atoms with Crippen molar-refractivity contribution in [2.45, 2.75) is 18.6 Å². The summed E-state index contributed by atoms with van der Waals surface area (Å²) in [7, 11) is 0. The first-order valence-corrected chi connectivity index (χ1v) is 9.12. The fourth-order valence-electron chi connectivity index (χ4n) is 3.75. The van der Waals surface area contributed by atoms with E-state index in [0.717, 1.165) is 36.1 Å². The molecule has 0 unspecified atom stereocenters. The molecular formula is C19H24N4O3. The molecule has 2 aliphatic heterocycles. The zero-order valence-electron chi connectivity index (χ0n) is 14.7. The number of hydrogen-bond donors (Lipinski definition) is 2. The Morgan fingerprint density at radius 1 is 1.15 bits per heavy atom. The Labute approximate surface area is 152 Å². The van der Waals surface area contributed by atoms with Crippen LogP contribution in [-0.4, -0.2) is 77.5 Å². The summed E-state index contributed by atoms with van der Waals surface area (Å²) in [5, 5.41) is 14.0. The number of urea groups is 1.